The van der Waals surface area contributed by atoms with Crippen molar-refractivity contribution in [3.05, 3.63) is 35.4 Å². The van der Waals surface area contributed by atoms with Gasteiger partial charge in [0.2, 0.25) is 5.91 Å². The summed E-state index contributed by atoms with van der Waals surface area (Å²) in [6.45, 7) is 6.36. The van der Waals surface area contributed by atoms with Crippen LogP contribution in [-0.4, -0.2) is 47.7 Å². The van der Waals surface area contributed by atoms with Gasteiger partial charge < -0.3 is 14.7 Å². The van der Waals surface area contributed by atoms with Crippen molar-refractivity contribution in [3.63, 3.8) is 0 Å². The average molecular weight is 319 g/mol. The minimum absolute atomic E-state index is 0.0130. The number of ether oxygens (including phenoxy) is 1. The second kappa shape index (κ2) is 8.11. The largest absolute Gasteiger partial charge is 0.478 e. The molecule has 1 aliphatic rings. The second-order valence-electron chi connectivity index (χ2n) is 6.45. The third kappa shape index (κ3) is 5.06. The maximum absolute atomic E-state index is 12.4. The molecule has 0 radical (unpaired) electrons. The van der Waals surface area contributed by atoms with Crippen LogP contribution >= 0.6 is 0 Å². The minimum atomic E-state index is -0.991. The number of amides is 1. The van der Waals surface area contributed by atoms with E-state index in [0.717, 1.165) is 19.4 Å². The quantitative estimate of drug-likeness (QED) is 0.875. The number of rotatable bonds is 6. The summed E-state index contributed by atoms with van der Waals surface area (Å²) in [5, 5.41) is 9.19. The molecule has 0 atom stereocenters. The molecule has 126 valence electrons. The van der Waals surface area contributed by atoms with Crippen LogP contribution in [0.3, 0.4) is 0 Å². The van der Waals surface area contributed by atoms with Crippen molar-refractivity contribution in [2.75, 3.05) is 19.7 Å². The van der Waals surface area contributed by atoms with E-state index in [4.69, 9.17) is 4.74 Å². The number of hydrogen-bond acceptors (Lipinski definition) is 3. The molecule has 0 aliphatic carbocycles. The highest BCUT2D eigenvalue weighted by Gasteiger charge is 2.24. The van der Waals surface area contributed by atoms with Crippen molar-refractivity contribution in [3.8, 4) is 0 Å². The van der Waals surface area contributed by atoms with Crippen LogP contribution in [0, 0.1) is 5.92 Å². The second-order valence-corrected chi connectivity index (χ2v) is 6.45. The van der Waals surface area contributed by atoms with E-state index < -0.39 is 5.97 Å². The predicted octanol–water partition coefficient (Wildman–Crippen LogP) is 2.59. The van der Waals surface area contributed by atoms with Crippen LogP contribution in [0.4, 0.5) is 0 Å². The molecule has 0 spiro atoms. The Hall–Kier alpha value is -1.88. The molecular formula is C18H25NO4. The zero-order valence-electron chi connectivity index (χ0n) is 13.8. The number of carbonyl (C=O) groups excluding carboxylic acids is 1. The van der Waals surface area contributed by atoms with Gasteiger partial charge in [0.15, 0.2) is 0 Å². The summed E-state index contributed by atoms with van der Waals surface area (Å²) >= 11 is 0. The van der Waals surface area contributed by atoms with E-state index in [1.165, 1.54) is 6.07 Å². The molecule has 1 fully saturated rings. The van der Waals surface area contributed by atoms with E-state index in [1.807, 2.05) is 4.90 Å². The topological polar surface area (TPSA) is 66.8 Å². The Kier molecular flexibility index (Phi) is 6.16. The van der Waals surface area contributed by atoms with Gasteiger partial charge in [-0.05, 0) is 30.4 Å². The van der Waals surface area contributed by atoms with E-state index in [-0.39, 0.29) is 24.0 Å². The SMILES string of the molecule is CC(C)COC1CCN(C(=O)Cc2ccccc2C(=O)O)CC1. The molecule has 1 N–H and O–H groups in total. The summed E-state index contributed by atoms with van der Waals surface area (Å²) < 4.78 is 5.83. The van der Waals surface area contributed by atoms with Gasteiger partial charge in [-0.15, -0.1) is 0 Å². The number of nitrogens with zero attached hydrogens (tertiary/aromatic N) is 1. The number of hydrogen-bond donors (Lipinski definition) is 1. The van der Waals surface area contributed by atoms with Gasteiger partial charge in [0, 0.05) is 19.7 Å². The van der Waals surface area contributed by atoms with Crippen LogP contribution in [-0.2, 0) is 16.0 Å². The lowest BCUT2D eigenvalue weighted by atomic mass is 10.0. The van der Waals surface area contributed by atoms with Crippen molar-refractivity contribution in [1.29, 1.82) is 0 Å². The van der Waals surface area contributed by atoms with Crippen LogP contribution in [0.5, 0.6) is 0 Å². The summed E-state index contributed by atoms with van der Waals surface area (Å²) in [6.07, 6.45) is 2.06. The van der Waals surface area contributed by atoms with Gasteiger partial charge in [0.1, 0.15) is 0 Å². The third-order valence-electron chi connectivity index (χ3n) is 4.05. The smallest absolute Gasteiger partial charge is 0.335 e. The first-order valence-corrected chi connectivity index (χ1v) is 8.18. The number of carboxylic acids is 1. The Balaban J connectivity index is 1.87. The summed E-state index contributed by atoms with van der Waals surface area (Å²) in [4.78, 5) is 25.4. The molecule has 1 aliphatic heterocycles. The molecule has 1 aromatic rings. The minimum Gasteiger partial charge on any atom is -0.478 e. The van der Waals surface area contributed by atoms with E-state index >= 15 is 0 Å². The highest BCUT2D eigenvalue weighted by Crippen LogP contribution is 2.17. The average Bonchev–Trinajstić information content (AvgIpc) is 2.53. The maximum atomic E-state index is 12.4. The zero-order chi connectivity index (χ0) is 16.8. The number of carboxylic acid groups (broad SMARTS) is 1. The predicted molar refractivity (Wildman–Crippen MR) is 87.5 cm³/mol. The number of carbonyl (C=O) groups is 2. The standard InChI is InChI=1S/C18H25NO4/c1-13(2)12-23-15-7-9-19(10-8-15)17(20)11-14-5-3-4-6-16(14)18(21)22/h3-6,13,15H,7-12H2,1-2H3,(H,21,22). The lowest BCUT2D eigenvalue weighted by molar-refractivity contribution is -0.133. The highest BCUT2D eigenvalue weighted by molar-refractivity contribution is 5.91. The fourth-order valence-electron chi connectivity index (χ4n) is 2.76. The fraction of sp³-hybridized carbons (Fsp3) is 0.556. The van der Waals surface area contributed by atoms with E-state index in [1.54, 1.807) is 18.2 Å². The van der Waals surface area contributed by atoms with Crippen LogP contribution in [0.1, 0.15) is 42.6 Å². The first-order valence-electron chi connectivity index (χ1n) is 8.18. The van der Waals surface area contributed by atoms with Crippen molar-refractivity contribution in [1.82, 2.24) is 4.90 Å². The van der Waals surface area contributed by atoms with E-state index in [9.17, 15) is 14.7 Å². The van der Waals surface area contributed by atoms with Crippen molar-refractivity contribution >= 4 is 11.9 Å². The summed E-state index contributed by atoms with van der Waals surface area (Å²) in [5.41, 5.74) is 0.777. The van der Waals surface area contributed by atoms with Crippen LogP contribution in [0.25, 0.3) is 0 Å². The highest BCUT2D eigenvalue weighted by atomic mass is 16.5. The molecule has 0 bridgehead atoms. The molecule has 23 heavy (non-hydrogen) atoms. The first-order chi connectivity index (χ1) is 11.0. The van der Waals surface area contributed by atoms with Gasteiger partial charge in [-0.2, -0.15) is 0 Å². The van der Waals surface area contributed by atoms with Crippen LogP contribution in [0.2, 0.25) is 0 Å². The molecule has 0 aromatic heterocycles. The van der Waals surface area contributed by atoms with E-state index in [0.29, 0.717) is 24.6 Å². The maximum Gasteiger partial charge on any atom is 0.335 e. The van der Waals surface area contributed by atoms with Gasteiger partial charge in [-0.25, -0.2) is 4.79 Å². The lowest BCUT2D eigenvalue weighted by Gasteiger charge is -2.32. The molecule has 5 heteroatoms. The van der Waals surface area contributed by atoms with Gasteiger partial charge in [-0.3, -0.25) is 4.79 Å². The Morgan fingerprint density at radius 3 is 2.52 bits per heavy atom. The van der Waals surface area contributed by atoms with Gasteiger partial charge >= 0.3 is 5.97 Å². The van der Waals surface area contributed by atoms with Crippen molar-refractivity contribution < 1.29 is 19.4 Å². The summed E-state index contributed by atoms with van der Waals surface area (Å²) in [5.74, 6) is -0.489. The Morgan fingerprint density at radius 2 is 1.91 bits per heavy atom. The molecule has 1 saturated heterocycles. The molecule has 2 rings (SSSR count). The van der Waals surface area contributed by atoms with E-state index in [2.05, 4.69) is 13.8 Å². The van der Waals surface area contributed by atoms with Gasteiger partial charge in [0.25, 0.3) is 0 Å². The number of aromatic carboxylic acids is 1. The molecular weight excluding hydrogens is 294 g/mol. The molecule has 5 nitrogen and oxygen atoms in total. The number of piperidine rings is 1. The Labute approximate surface area is 137 Å². The fourth-order valence-corrected chi connectivity index (χ4v) is 2.76. The molecule has 0 unspecified atom stereocenters. The molecule has 1 amide bonds. The molecule has 1 heterocycles. The summed E-state index contributed by atoms with van der Waals surface area (Å²) in [6, 6.07) is 6.69. The van der Waals surface area contributed by atoms with Gasteiger partial charge in [-0.1, -0.05) is 32.0 Å². The first kappa shape index (κ1) is 17.5. The molecule has 0 saturated carbocycles. The Bertz CT molecular complexity index is 548. The summed E-state index contributed by atoms with van der Waals surface area (Å²) in [7, 11) is 0. The van der Waals surface area contributed by atoms with Crippen LogP contribution < -0.4 is 0 Å². The number of benzene rings is 1. The monoisotopic (exact) mass is 319 g/mol. The Morgan fingerprint density at radius 1 is 1.26 bits per heavy atom. The zero-order valence-corrected chi connectivity index (χ0v) is 13.8. The van der Waals surface area contributed by atoms with Crippen molar-refractivity contribution in [2.45, 2.75) is 39.2 Å². The number of likely N-dealkylation sites (tertiary alicyclic amines) is 1. The third-order valence-corrected chi connectivity index (χ3v) is 4.05. The van der Waals surface area contributed by atoms with Crippen LogP contribution in [0.15, 0.2) is 24.3 Å². The van der Waals surface area contributed by atoms with Gasteiger partial charge in [0.05, 0.1) is 18.1 Å². The normalized spacial score (nSPS) is 15.9. The van der Waals surface area contributed by atoms with Crippen molar-refractivity contribution in [2.24, 2.45) is 5.92 Å². The molecule has 1 aromatic carbocycles. The lowest BCUT2D eigenvalue weighted by Crippen LogP contribution is -2.42.